The molecule has 0 amide bonds. The molecule has 0 radical (unpaired) electrons. The van der Waals surface area contributed by atoms with Gasteiger partial charge in [0, 0.05) is 0 Å². The number of hydrogen-bond acceptors (Lipinski definition) is 2. The van der Waals surface area contributed by atoms with Crippen molar-refractivity contribution in [3.05, 3.63) is 0 Å². The second-order valence-electron chi connectivity index (χ2n) is 4.68. The Balaban J connectivity index is 4.56. The van der Waals surface area contributed by atoms with E-state index in [0.717, 1.165) is 19.3 Å². The lowest BCUT2D eigenvalue weighted by Gasteiger charge is -2.38. The molecule has 0 aromatic heterocycles. The van der Waals surface area contributed by atoms with Crippen LogP contribution < -0.4 is 0 Å². The Morgan fingerprint density at radius 3 is 1.57 bits per heavy atom. The minimum Gasteiger partial charge on any atom is -0.312 e. The topological polar surface area (TPSA) is 9.23 Å². The van der Waals surface area contributed by atoms with Gasteiger partial charge in [0.25, 0.3) is 0 Å². The van der Waals surface area contributed by atoms with Crippen LogP contribution in [0.5, 0.6) is 0 Å². The lowest BCUT2D eigenvalue weighted by molar-refractivity contribution is 0.0277. The quantitative estimate of drug-likeness (QED) is 0.484. The van der Waals surface area contributed by atoms with Gasteiger partial charge in [-0.05, 0) is 37.6 Å². The molecule has 1 nitrogen and oxygen atoms in total. The lowest BCUT2D eigenvalue weighted by Crippen LogP contribution is -2.35. The molecule has 14 heavy (non-hydrogen) atoms. The molecular formula is C12H26OS. The molecule has 0 rings (SSSR count). The third kappa shape index (κ3) is 3.47. The highest BCUT2D eigenvalue weighted by Crippen LogP contribution is 2.40. The van der Waals surface area contributed by atoms with Crippen molar-refractivity contribution in [2.45, 2.75) is 72.3 Å². The minimum absolute atomic E-state index is 0.0239. The van der Waals surface area contributed by atoms with Gasteiger partial charge >= 0.3 is 0 Å². The molecule has 0 unspecified atom stereocenters. The minimum atomic E-state index is -0.0239. The second kappa shape index (κ2) is 6.02. The van der Waals surface area contributed by atoms with Gasteiger partial charge in [-0.1, -0.05) is 47.5 Å². The average molecular weight is 218 g/mol. The molecule has 0 N–H and O–H groups in total. The SMILES string of the molecule is CCC(C)(CC)CC(CC)(CC)OS. The Bertz CT molecular complexity index is 140. The number of rotatable bonds is 7. The van der Waals surface area contributed by atoms with Crippen LogP contribution in [0.25, 0.3) is 0 Å². The zero-order valence-corrected chi connectivity index (χ0v) is 11.3. The van der Waals surface area contributed by atoms with Crippen molar-refractivity contribution in [2.24, 2.45) is 5.41 Å². The van der Waals surface area contributed by atoms with Crippen molar-refractivity contribution in [1.29, 1.82) is 0 Å². The molecular weight excluding hydrogens is 192 g/mol. The van der Waals surface area contributed by atoms with Crippen LogP contribution in [-0.2, 0) is 4.18 Å². The van der Waals surface area contributed by atoms with E-state index >= 15 is 0 Å². The van der Waals surface area contributed by atoms with E-state index in [1.807, 2.05) is 0 Å². The summed E-state index contributed by atoms with van der Waals surface area (Å²) >= 11 is 4.05. The number of hydrogen-bond donors (Lipinski definition) is 1. The van der Waals surface area contributed by atoms with Crippen molar-refractivity contribution in [3.8, 4) is 0 Å². The van der Waals surface area contributed by atoms with Crippen LogP contribution in [0.3, 0.4) is 0 Å². The second-order valence-corrected chi connectivity index (χ2v) is 4.86. The molecule has 0 saturated heterocycles. The first-order chi connectivity index (χ1) is 6.51. The summed E-state index contributed by atoms with van der Waals surface area (Å²) in [6.07, 6.45) is 5.62. The van der Waals surface area contributed by atoms with Crippen molar-refractivity contribution < 1.29 is 4.18 Å². The van der Waals surface area contributed by atoms with Gasteiger partial charge in [-0.2, -0.15) is 0 Å². The van der Waals surface area contributed by atoms with Crippen molar-refractivity contribution in [1.82, 2.24) is 0 Å². The fourth-order valence-corrected chi connectivity index (χ4v) is 2.26. The first-order valence-electron chi connectivity index (χ1n) is 5.84. The van der Waals surface area contributed by atoms with Crippen molar-refractivity contribution >= 4 is 12.9 Å². The van der Waals surface area contributed by atoms with E-state index in [4.69, 9.17) is 4.18 Å². The summed E-state index contributed by atoms with van der Waals surface area (Å²) in [6, 6.07) is 0. The van der Waals surface area contributed by atoms with Crippen LogP contribution >= 0.6 is 12.9 Å². The van der Waals surface area contributed by atoms with Crippen molar-refractivity contribution in [2.75, 3.05) is 0 Å². The highest BCUT2D eigenvalue weighted by Gasteiger charge is 2.34. The van der Waals surface area contributed by atoms with E-state index in [9.17, 15) is 0 Å². The molecule has 0 aliphatic carbocycles. The molecule has 0 heterocycles. The smallest absolute Gasteiger partial charge is 0.0825 e. The van der Waals surface area contributed by atoms with E-state index in [0.29, 0.717) is 5.41 Å². The van der Waals surface area contributed by atoms with Crippen molar-refractivity contribution in [3.63, 3.8) is 0 Å². The number of thiol groups is 1. The first-order valence-corrected chi connectivity index (χ1v) is 6.20. The fraction of sp³-hybridized carbons (Fsp3) is 1.00. The Hall–Kier alpha value is 0.310. The van der Waals surface area contributed by atoms with Gasteiger partial charge in [0.05, 0.1) is 5.60 Å². The Labute approximate surface area is 95.2 Å². The summed E-state index contributed by atoms with van der Waals surface area (Å²) in [5.74, 6) is 0. The summed E-state index contributed by atoms with van der Waals surface area (Å²) < 4.78 is 5.43. The normalized spacial score (nSPS) is 13.3. The van der Waals surface area contributed by atoms with E-state index < -0.39 is 0 Å². The average Bonchev–Trinajstić information content (AvgIpc) is 2.26. The Morgan fingerprint density at radius 2 is 1.36 bits per heavy atom. The van der Waals surface area contributed by atoms with E-state index in [2.05, 4.69) is 47.5 Å². The molecule has 86 valence electrons. The highest BCUT2D eigenvalue weighted by atomic mass is 32.1. The molecule has 0 fully saturated rings. The molecule has 2 heteroatoms. The molecule has 0 bridgehead atoms. The van der Waals surface area contributed by atoms with Gasteiger partial charge < -0.3 is 4.18 Å². The molecule has 0 saturated carbocycles. The van der Waals surface area contributed by atoms with Gasteiger partial charge in [0.2, 0.25) is 0 Å². The molecule has 0 aliphatic heterocycles. The molecule has 0 atom stereocenters. The van der Waals surface area contributed by atoms with Gasteiger partial charge in [-0.15, -0.1) is 0 Å². The third-order valence-electron chi connectivity index (χ3n) is 3.94. The maximum Gasteiger partial charge on any atom is 0.0825 e. The summed E-state index contributed by atoms with van der Waals surface area (Å²) in [4.78, 5) is 0. The molecule has 0 aromatic rings. The molecule has 0 aliphatic rings. The maximum atomic E-state index is 5.43. The molecule has 0 spiro atoms. The monoisotopic (exact) mass is 218 g/mol. The lowest BCUT2D eigenvalue weighted by atomic mass is 9.73. The van der Waals surface area contributed by atoms with E-state index in [-0.39, 0.29) is 5.60 Å². The van der Waals surface area contributed by atoms with Crippen LogP contribution in [0.15, 0.2) is 0 Å². The standard InChI is InChI=1S/C12H26OS/c1-6-11(5,7-2)10-12(8-3,9-4)13-14/h14H,6-10H2,1-5H3. The Morgan fingerprint density at radius 1 is 0.929 bits per heavy atom. The third-order valence-corrected chi connectivity index (χ3v) is 4.33. The zero-order chi connectivity index (χ0) is 11.2. The maximum absolute atomic E-state index is 5.43. The van der Waals surface area contributed by atoms with Gasteiger partial charge in [0.15, 0.2) is 0 Å². The van der Waals surface area contributed by atoms with E-state index in [1.165, 1.54) is 12.8 Å². The first kappa shape index (κ1) is 14.3. The van der Waals surface area contributed by atoms with E-state index in [1.54, 1.807) is 0 Å². The van der Waals surface area contributed by atoms with Gasteiger partial charge in [-0.25, -0.2) is 0 Å². The summed E-state index contributed by atoms with van der Waals surface area (Å²) in [5, 5.41) is 0. The Kier molecular flexibility index (Phi) is 6.15. The van der Waals surface area contributed by atoms with Gasteiger partial charge in [0.1, 0.15) is 0 Å². The summed E-state index contributed by atoms with van der Waals surface area (Å²) in [7, 11) is 0. The van der Waals surface area contributed by atoms with Crippen LogP contribution in [0.1, 0.15) is 66.7 Å². The zero-order valence-electron chi connectivity index (χ0n) is 10.4. The summed E-state index contributed by atoms with van der Waals surface area (Å²) in [5.41, 5.74) is 0.374. The van der Waals surface area contributed by atoms with Crippen LogP contribution in [0.4, 0.5) is 0 Å². The van der Waals surface area contributed by atoms with Gasteiger partial charge in [-0.3, -0.25) is 0 Å². The largest absolute Gasteiger partial charge is 0.312 e. The predicted molar refractivity (Wildman–Crippen MR) is 66.7 cm³/mol. The highest BCUT2D eigenvalue weighted by molar-refractivity contribution is 7.75. The summed E-state index contributed by atoms with van der Waals surface area (Å²) in [6.45, 7) is 11.2. The van der Waals surface area contributed by atoms with Crippen LogP contribution in [0.2, 0.25) is 0 Å². The predicted octanol–water partition coefficient (Wildman–Crippen LogP) is 4.62. The van der Waals surface area contributed by atoms with Crippen LogP contribution in [0, 0.1) is 5.41 Å². The molecule has 0 aromatic carbocycles. The fourth-order valence-electron chi connectivity index (χ4n) is 1.94. The van der Waals surface area contributed by atoms with Crippen LogP contribution in [-0.4, -0.2) is 5.60 Å².